The maximum atomic E-state index is 10.3. The van der Waals surface area contributed by atoms with Gasteiger partial charge in [-0.1, -0.05) is 23.7 Å². The molecule has 35 heavy (non-hydrogen) atoms. The number of imidazole rings is 1. The largest absolute Gasteiger partial charge is 0.390 e. The second kappa shape index (κ2) is 8.75. The summed E-state index contributed by atoms with van der Waals surface area (Å²) in [4.78, 5) is 12.1. The number of aliphatic hydroxyl groups excluding tert-OH is 1. The molecule has 178 valence electrons. The highest BCUT2D eigenvalue weighted by atomic mass is 35.5. The van der Waals surface area contributed by atoms with Crippen molar-refractivity contribution in [1.29, 1.82) is 0 Å². The molecule has 0 bridgehead atoms. The Morgan fingerprint density at radius 2 is 1.94 bits per heavy atom. The molecule has 0 atom stereocenters. The Morgan fingerprint density at radius 1 is 1.11 bits per heavy atom. The Kier molecular flexibility index (Phi) is 5.56. The summed E-state index contributed by atoms with van der Waals surface area (Å²) in [7, 11) is 2.17. The highest BCUT2D eigenvalue weighted by Gasteiger charge is 2.21. The van der Waals surface area contributed by atoms with E-state index in [2.05, 4.69) is 34.0 Å². The van der Waals surface area contributed by atoms with E-state index in [0.717, 1.165) is 64.7 Å². The summed E-state index contributed by atoms with van der Waals surface area (Å²) in [5, 5.41) is 16.5. The number of aliphatic hydroxyl groups is 1. The number of aryl methyl sites for hydroxylation is 1. The molecule has 5 heterocycles. The molecule has 0 radical (unpaired) electrons. The summed E-state index contributed by atoms with van der Waals surface area (Å²) in [6.07, 6.45) is 10.1. The van der Waals surface area contributed by atoms with Gasteiger partial charge in [-0.25, -0.2) is 4.98 Å². The maximum Gasteiger partial charge on any atom is 0.147 e. The van der Waals surface area contributed by atoms with Crippen LogP contribution < -0.4 is 0 Å². The Bertz CT molecular complexity index is 1530. The normalized spacial score (nSPS) is 15.4. The predicted octanol–water partition coefficient (Wildman–Crippen LogP) is 5.13. The summed E-state index contributed by atoms with van der Waals surface area (Å²) in [5.41, 5.74) is 6.89. The zero-order valence-corrected chi connectivity index (χ0v) is 20.6. The zero-order chi connectivity index (χ0) is 24.1. The third kappa shape index (κ3) is 3.80. The SMILES string of the molecule is Cc1cccc(Cl)c1-c1nc2c3cc(-c4cnn(C5CCN(C)CC5)c4)cnc3ccn2c1CO. The fraction of sp³-hybridized carbons (Fsp3) is 0.296. The number of hydrogen-bond acceptors (Lipinski definition) is 5. The number of rotatable bonds is 4. The van der Waals surface area contributed by atoms with Gasteiger partial charge in [-0.2, -0.15) is 5.10 Å². The van der Waals surface area contributed by atoms with Gasteiger partial charge in [0.25, 0.3) is 0 Å². The van der Waals surface area contributed by atoms with E-state index in [-0.39, 0.29) is 6.61 Å². The van der Waals surface area contributed by atoms with Crippen LogP contribution in [0.1, 0.15) is 30.1 Å². The fourth-order valence-electron chi connectivity index (χ4n) is 5.14. The molecule has 1 fully saturated rings. The minimum absolute atomic E-state index is 0.150. The van der Waals surface area contributed by atoms with Crippen LogP contribution in [-0.2, 0) is 6.61 Å². The summed E-state index contributed by atoms with van der Waals surface area (Å²) in [5.74, 6) is 0. The molecule has 1 aromatic carbocycles. The van der Waals surface area contributed by atoms with Gasteiger partial charge < -0.3 is 14.4 Å². The number of pyridine rings is 2. The monoisotopic (exact) mass is 486 g/mol. The number of nitrogens with zero attached hydrogens (tertiary/aromatic N) is 6. The minimum Gasteiger partial charge on any atom is -0.390 e. The molecule has 0 amide bonds. The fourth-order valence-corrected chi connectivity index (χ4v) is 5.45. The van der Waals surface area contributed by atoms with Crippen molar-refractivity contribution in [1.82, 2.24) is 29.0 Å². The van der Waals surface area contributed by atoms with E-state index in [1.54, 1.807) is 0 Å². The van der Waals surface area contributed by atoms with Crippen molar-refractivity contribution < 1.29 is 5.11 Å². The molecule has 0 saturated carbocycles. The van der Waals surface area contributed by atoms with E-state index in [0.29, 0.717) is 22.5 Å². The minimum atomic E-state index is -0.150. The van der Waals surface area contributed by atoms with E-state index >= 15 is 0 Å². The lowest BCUT2D eigenvalue weighted by molar-refractivity contribution is 0.212. The zero-order valence-electron chi connectivity index (χ0n) is 19.8. The molecule has 8 heteroatoms. The Morgan fingerprint density at radius 3 is 2.71 bits per heavy atom. The summed E-state index contributed by atoms with van der Waals surface area (Å²) >= 11 is 6.56. The number of hydrogen-bond donors (Lipinski definition) is 1. The van der Waals surface area contributed by atoms with E-state index in [4.69, 9.17) is 21.6 Å². The first-order valence-electron chi connectivity index (χ1n) is 11.9. The molecule has 5 aromatic rings. The smallest absolute Gasteiger partial charge is 0.147 e. The van der Waals surface area contributed by atoms with Crippen molar-refractivity contribution in [3.63, 3.8) is 0 Å². The number of benzene rings is 1. The summed E-state index contributed by atoms with van der Waals surface area (Å²) in [6, 6.07) is 10.3. The first-order valence-corrected chi connectivity index (χ1v) is 12.3. The van der Waals surface area contributed by atoms with Gasteiger partial charge in [-0.15, -0.1) is 0 Å². The summed E-state index contributed by atoms with van der Waals surface area (Å²) < 4.78 is 4.04. The van der Waals surface area contributed by atoms with Gasteiger partial charge >= 0.3 is 0 Å². The molecule has 1 aliphatic heterocycles. The van der Waals surface area contributed by atoms with E-state index < -0.39 is 0 Å². The van der Waals surface area contributed by atoms with Crippen LogP contribution in [0.5, 0.6) is 0 Å². The molecule has 6 rings (SSSR count). The molecule has 7 nitrogen and oxygen atoms in total. The number of likely N-dealkylation sites (tertiary alicyclic amines) is 1. The molecule has 4 aromatic heterocycles. The van der Waals surface area contributed by atoms with Gasteiger partial charge in [0.05, 0.1) is 40.8 Å². The Balaban J connectivity index is 1.46. The number of aromatic nitrogens is 5. The van der Waals surface area contributed by atoms with Crippen LogP contribution in [-0.4, -0.2) is 54.3 Å². The highest BCUT2D eigenvalue weighted by molar-refractivity contribution is 6.33. The van der Waals surface area contributed by atoms with Crippen LogP contribution in [0.3, 0.4) is 0 Å². The maximum absolute atomic E-state index is 10.3. The van der Waals surface area contributed by atoms with E-state index in [9.17, 15) is 5.11 Å². The van der Waals surface area contributed by atoms with Gasteiger partial charge in [-0.3, -0.25) is 9.67 Å². The van der Waals surface area contributed by atoms with E-state index in [1.165, 1.54) is 0 Å². The molecular formula is C27H27ClN6O. The van der Waals surface area contributed by atoms with Crippen molar-refractivity contribution >= 4 is 28.2 Å². The number of piperidine rings is 1. The summed E-state index contributed by atoms with van der Waals surface area (Å²) in [6.45, 7) is 4.04. The van der Waals surface area contributed by atoms with Crippen LogP contribution in [0.15, 0.2) is 55.1 Å². The average Bonchev–Trinajstić information content (AvgIpc) is 3.49. The predicted molar refractivity (Wildman–Crippen MR) is 139 cm³/mol. The second-order valence-corrected chi connectivity index (χ2v) is 9.81. The third-order valence-corrected chi connectivity index (χ3v) is 7.47. The molecule has 0 spiro atoms. The van der Waals surface area contributed by atoms with Crippen LogP contribution in [0.4, 0.5) is 0 Å². The quantitative estimate of drug-likeness (QED) is 0.381. The number of fused-ring (bicyclic) bond motifs is 3. The standard InChI is InChI=1S/C27H27ClN6O/c1-17-4-3-5-22(28)25(17)26-24(16-35)33-11-8-23-21(27(33)31-26)12-18(13-29-23)19-14-30-34(15-19)20-6-9-32(2)10-7-20/h3-5,8,11-15,20,35H,6-7,9-10,16H2,1-2H3. The number of halogens is 1. The first kappa shape index (κ1) is 22.2. The Hall–Kier alpha value is -3.26. The van der Waals surface area contributed by atoms with Crippen molar-refractivity contribution in [2.75, 3.05) is 20.1 Å². The van der Waals surface area contributed by atoms with Crippen LogP contribution >= 0.6 is 11.6 Å². The van der Waals surface area contributed by atoms with Crippen molar-refractivity contribution in [2.45, 2.75) is 32.4 Å². The van der Waals surface area contributed by atoms with E-state index in [1.807, 2.05) is 54.2 Å². The van der Waals surface area contributed by atoms with Crippen LogP contribution in [0, 0.1) is 6.92 Å². The average molecular weight is 487 g/mol. The molecule has 1 saturated heterocycles. The van der Waals surface area contributed by atoms with Gasteiger partial charge in [0.2, 0.25) is 0 Å². The third-order valence-electron chi connectivity index (χ3n) is 7.16. The topological polar surface area (TPSA) is 71.5 Å². The molecular weight excluding hydrogens is 460 g/mol. The molecule has 1 N–H and O–H groups in total. The van der Waals surface area contributed by atoms with Crippen molar-refractivity contribution in [3.05, 3.63) is 71.4 Å². The molecule has 0 unspecified atom stereocenters. The molecule has 0 aliphatic carbocycles. The highest BCUT2D eigenvalue weighted by Crippen LogP contribution is 2.35. The van der Waals surface area contributed by atoms with Crippen molar-refractivity contribution in [2.24, 2.45) is 0 Å². The van der Waals surface area contributed by atoms with Gasteiger partial charge in [0.1, 0.15) is 5.65 Å². The van der Waals surface area contributed by atoms with Crippen molar-refractivity contribution in [3.8, 4) is 22.4 Å². The Labute approximate surface area is 208 Å². The molecule has 1 aliphatic rings. The van der Waals surface area contributed by atoms with Gasteiger partial charge in [-0.05, 0) is 63.7 Å². The van der Waals surface area contributed by atoms with Gasteiger partial charge in [0, 0.05) is 40.7 Å². The van der Waals surface area contributed by atoms with Crippen LogP contribution in [0.2, 0.25) is 5.02 Å². The lowest BCUT2D eigenvalue weighted by Crippen LogP contribution is -2.31. The lowest BCUT2D eigenvalue weighted by atomic mass is 10.0. The lowest BCUT2D eigenvalue weighted by Gasteiger charge is -2.28. The van der Waals surface area contributed by atoms with Crippen LogP contribution in [0.25, 0.3) is 38.9 Å². The van der Waals surface area contributed by atoms with Gasteiger partial charge in [0.15, 0.2) is 0 Å². The second-order valence-electron chi connectivity index (χ2n) is 9.41. The first-order chi connectivity index (χ1) is 17.0.